The summed E-state index contributed by atoms with van der Waals surface area (Å²) in [6.07, 6.45) is 0.367. The number of carbonyl (C=O) groups is 1. The third-order valence-electron chi connectivity index (χ3n) is 7.21. The Labute approximate surface area is 237 Å². The van der Waals surface area contributed by atoms with E-state index in [2.05, 4.69) is 10.2 Å². The molecule has 1 aliphatic heterocycles. The van der Waals surface area contributed by atoms with Crippen molar-refractivity contribution in [1.82, 2.24) is 0 Å². The molecule has 2 atom stereocenters. The molecular weight excluding hydrogens is 526 g/mol. The second-order valence-corrected chi connectivity index (χ2v) is 9.57. The monoisotopic (exact) mass is 556 g/mol. The van der Waals surface area contributed by atoms with Gasteiger partial charge >= 0.3 is 5.97 Å². The van der Waals surface area contributed by atoms with Crippen molar-refractivity contribution < 1.29 is 27.8 Å². The average molecular weight is 557 g/mol. The lowest BCUT2D eigenvalue weighted by Crippen LogP contribution is -2.41. The van der Waals surface area contributed by atoms with E-state index in [1.807, 2.05) is 48.5 Å². The molecule has 0 radical (unpaired) electrons. The van der Waals surface area contributed by atoms with E-state index in [9.17, 15) is 13.6 Å². The Balaban J connectivity index is 1.75. The van der Waals surface area contributed by atoms with Gasteiger partial charge in [0.05, 0.1) is 39.0 Å². The minimum absolute atomic E-state index is 0.340. The standard InChI is InChI=1S/C33H30F2N2O4/c1-39-27-16-12-25(13-17-27)36-29-20-30(21-4-8-23(34)9-5-21)37(26-14-18-28(40-2)19-15-26)32(31(29)33(38)41-3)22-6-10-24(35)11-7-22/h4-19,30,32,36H,20H2,1-3H3/t30-,32+/m0/s1. The van der Waals surface area contributed by atoms with Gasteiger partial charge in [0.25, 0.3) is 0 Å². The Bertz CT molecular complexity index is 1520. The van der Waals surface area contributed by atoms with Crippen LogP contribution in [0.15, 0.2) is 108 Å². The van der Waals surface area contributed by atoms with Gasteiger partial charge in [0.2, 0.25) is 0 Å². The maximum absolute atomic E-state index is 14.1. The Morgan fingerprint density at radius 1 is 0.732 bits per heavy atom. The fourth-order valence-electron chi connectivity index (χ4n) is 5.22. The Morgan fingerprint density at radius 2 is 1.24 bits per heavy atom. The number of hydrogen-bond acceptors (Lipinski definition) is 6. The molecular formula is C33H30F2N2O4. The van der Waals surface area contributed by atoms with Gasteiger partial charge < -0.3 is 24.4 Å². The van der Waals surface area contributed by atoms with Crippen molar-refractivity contribution in [1.29, 1.82) is 0 Å². The predicted octanol–water partition coefficient (Wildman–Crippen LogP) is 7.21. The van der Waals surface area contributed by atoms with Crippen LogP contribution in [0, 0.1) is 11.6 Å². The smallest absolute Gasteiger partial charge is 0.337 e. The number of nitrogens with one attached hydrogen (secondary N) is 1. The van der Waals surface area contributed by atoms with Crippen molar-refractivity contribution >= 4 is 17.3 Å². The molecule has 8 heteroatoms. The molecule has 0 saturated heterocycles. The highest BCUT2D eigenvalue weighted by atomic mass is 19.1. The third-order valence-corrected chi connectivity index (χ3v) is 7.21. The first-order chi connectivity index (χ1) is 19.9. The van der Waals surface area contributed by atoms with Gasteiger partial charge in [0.1, 0.15) is 23.1 Å². The van der Waals surface area contributed by atoms with Crippen molar-refractivity contribution in [2.75, 3.05) is 31.5 Å². The zero-order valence-electron chi connectivity index (χ0n) is 22.9. The van der Waals surface area contributed by atoms with E-state index in [0.717, 1.165) is 16.9 Å². The molecule has 0 spiro atoms. The van der Waals surface area contributed by atoms with Gasteiger partial charge in [-0.25, -0.2) is 13.6 Å². The lowest BCUT2D eigenvalue weighted by Gasteiger charge is -2.46. The van der Waals surface area contributed by atoms with Crippen molar-refractivity contribution in [3.8, 4) is 11.5 Å². The predicted molar refractivity (Wildman–Crippen MR) is 154 cm³/mol. The SMILES string of the molecule is COC(=O)C1=C(Nc2ccc(OC)cc2)C[C@@H](c2ccc(F)cc2)N(c2ccc(OC)cc2)[C@@H]1c1ccc(F)cc1. The normalized spacial score (nSPS) is 16.8. The summed E-state index contributed by atoms with van der Waals surface area (Å²) in [5.74, 6) is 0.105. The molecule has 5 rings (SSSR count). The van der Waals surface area contributed by atoms with Gasteiger partial charge in [-0.05, 0) is 83.9 Å². The van der Waals surface area contributed by atoms with Crippen LogP contribution in [0.5, 0.6) is 11.5 Å². The molecule has 0 unspecified atom stereocenters. The molecule has 0 aromatic heterocycles. The van der Waals surface area contributed by atoms with Crippen molar-refractivity contribution in [3.63, 3.8) is 0 Å². The minimum atomic E-state index is -0.680. The summed E-state index contributed by atoms with van der Waals surface area (Å²) in [5, 5.41) is 3.44. The van der Waals surface area contributed by atoms with Crippen LogP contribution in [-0.4, -0.2) is 27.3 Å². The van der Waals surface area contributed by atoms with E-state index in [4.69, 9.17) is 14.2 Å². The number of benzene rings is 4. The molecule has 1 N–H and O–H groups in total. The fraction of sp³-hybridized carbons (Fsp3) is 0.182. The van der Waals surface area contributed by atoms with E-state index >= 15 is 0 Å². The maximum Gasteiger partial charge on any atom is 0.337 e. The molecule has 4 aromatic rings. The van der Waals surface area contributed by atoms with E-state index in [-0.39, 0.29) is 11.9 Å². The Hall–Kier alpha value is -4.85. The maximum atomic E-state index is 14.1. The van der Waals surface area contributed by atoms with Gasteiger partial charge in [-0.2, -0.15) is 0 Å². The lowest BCUT2D eigenvalue weighted by molar-refractivity contribution is -0.136. The van der Waals surface area contributed by atoms with Crippen molar-refractivity contribution in [2.45, 2.75) is 18.5 Å². The second kappa shape index (κ2) is 12.1. The first kappa shape index (κ1) is 27.7. The zero-order chi connectivity index (χ0) is 28.9. The molecule has 6 nitrogen and oxygen atoms in total. The Kier molecular flexibility index (Phi) is 8.19. The lowest BCUT2D eigenvalue weighted by atomic mass is 9.84. The first-order valence-electron chi connectivity index (χ1n) is 13.1. The molecule has 1 aliphatic rings. The highest BCUT2D eigenvalue weighted by Crippen LogP contribution is 2.48. The van der Waals surface area contributed by atoms with Crippen molar-refractivity contribution in [3.05, 3.63) is 131 Å². The molecule has 1 heterocycles. The van der Waals surface area contributed by atoms with E-state index < -0.39 is 17.8 Å². The molecule has 210 valence electrons. The summed E-state index contributed by atoms with van der Waals surface area (Å²) in [5.41, 5.74) is 4.07. The van der Waals surface area contributed by atoms with E-state index in [0.29, 0.717) is 34.8 Å². The number of halogens is 2. The van der Waals surface area contributed by atoms with Gasteiger partial charge in [0, 0.05) is 23.5 Å². The van der Waals surface area contributed by atoms with Crippen LogP contribution in [0.25, 0.3) is 0 Å². The van der Waals surface area contributed by atoms with Gasteiger partial charge in [-0.15, -0.1) is 0 Å². The summed E-state index contributed by atoms with van der Waals surface area (Å²) < 4.78 is 44.1. The van der Waals surface area contributed by atoms with Gasteiger partial charge in [-0.3, -0.25) is 0 Å². The third kappa shape index (κ3) is 5.87. The van der Waals surface area contributed by atoms with Gasteiger partial charge in [-0.1, -0.05) is 24.3 Å². The van der Waals surface area contributed by atoms with E-state index in [1.54, 1.807) is 38.5 Å². The number of anilines is 2. The van der Waals surface area contributed by atoms with Crippen LogP contribution in [0.4, 0.5) is 20.2 Å². The van der Waals surface area contributed by atoms with Gasteiger partial charge in [0.15, 0.2) is 0 Å². The molecule has 0 fully saturated rings. The summed E-state index contributed by atoms with van der Waals surface area (Å²) in [6, 6.07) is 26.2. The Morgan fingerprint density at radius 3 is 1.76 bits per heavy atom. The second-order valence-electron chi connectivity index (χ2n) is 9.57. The molecule has 4 aromatic carbocycles. The zero-order valence-corrected chi connectivity index (χ0v) is 22.9. The molecule has 41 heavy (non-hydrogen) atoms. The highest BCUT2D eigenvalue weighted by Gasteiger charge is 2.41. The van der Waals surface area contributed by atoms with Crippen LogP contribution >= 0.6 is 0 Å². The minimum Gasteiger partial charge on any atom is -0.497 e. The summed E-state index contributed by atoms with van der Waals surface area (Å²) >= 11 is 0. The largest absolute Gasteiger partial charge is 0.497 e. The van der Waals surface area contributed by atoms with Crippen LogP contribution < -0.4 is 19.7 Å². The number of ether oxygens (including phenoxy) is 3. The quantitative estimate of drug-likeness (QED) is 0.231. The number of esters is 1. The fourth-order valence-corrected chi connectivity index (χ4v) is 5.22. The van der Waals surface area contributed by atoms with Crippen LogP contribution in [-0.2, 0) is 9.53 Å². The molecule has 0 saturated carbocycles. The number of carbonyl (C=O) groups excluding carboxylic acids is 1. The molecule has 0 bridgehead atoms. The number of hydrogen-bond donors (Lipinski definition) is 1. The molecule has 0 aliphatic carbocycles. The van der Waals surface area contributed by atoms with Crippen molar-refractivity contribution in [2.24, 2.45) is 0 Å². The summed E-state index contributed by atoms with van der Waals surface area (Å²) in [6.45, 7) is 0. The summed E-state index contributed by atoms with van der Waals surface area (Å²) in [4.78, 5) is 15.7. The topological polar surface area (TPSA) is 60.0 Å². The average Bonchev–Trinajstić information content (AvgIpc) is 3.01. The number of rotatable bonds is 8. The number of nitrogens with zero attached hydrogens (tertiary/aromatic N) is 1. The summed E-state index contributed by atoms with van der Waals surface area (Å²) in [7, 11) is 4.52. The number of methoxy groups -OCH3 is 3. The van der Waals surface area contributed by atoms with E-state index in [1.165, 1.54) is 31.4 Å². The molecule has 0 amide bonds. The van der Waals surface area contributed by atoms with Crippen LogP contribution in [0.3, 0.4) is 0 Å². The van der Waals surface area contributed by atoms with Crippen LogP contribution in [0.1, 0.15) is 29.6 Å². The highest BCUT2D eigenvalue weighted by molar-refractivity contribution is 5.93. The first-order valence-corrected chi connectivity index (χ1v) is 13.1. The van der Waals surface area contributed by atoms with Crippen LogP contribution in [0.2, 0.25) is 0 Å².